The Kier molecular flexibility index (Phi) is 7.86. The van der Waals surface area contributed by atoms with Crippen LogP contribution in [0.3, 0.4) is 0 Å². The summed E-state index contributed by atoms with van der Waals surface area (Å²) in [4.78, 5) is 22.6. The fraction of sp³-hybridized carbons (Fsp3) is 0.250. The Morgan fingerprint density at radius 2 is 1.84 bits per heavy atom. The van der Waals surface area contributed by atoms with Gasteiger partial charge in [0, 0.05) is 32.0 Å². The van der Waals surface area contributed by atoms with Crippen molar-refractivity contribution in [3.05, 3.63) is 72.2 Å². The number of hydrogen-bond acceptors (Lipinski definition) is 6. The molecule has 3 N–H and O–H groups in total. The van der Waals surface area contributed by atoms with Crippen molar-refractivity contribution in [2.45, 2.75) is 25.7 Å². The van der Waals surface area contributed by atoms with Crippen molar-refractivity contribution in [3.63, 3.8) is 0 Å². The normalized spacial score (nSPS) is 12.4. The number of aldehydes is 1. The van der Waals surface area contributed by atoms with Crippen LogP contribution in [0.5, 0.6) is 11.5 Å². The maximum Gasteiger partial charge on any atom is 0.246 e. The SMILES string of the molecule is C[Si](C)(C)CCOC/[NH+]=C(/C=C\N)c1ccc(Oc2ccc3nc(C=O)cnc3c2)cc1. The molecule has 0 aliphatic carbocycles. The second-order valence-corrected chi connectivity index (χ2v) is 14.1. The molecule has 0 fully saturated rings. The Labute approximate surface area is 189 Å². The van der Waals surface area contributed by atoms with E-state index in [1.165, 1.54) is 12.4 Å². The van der Waals surface area contributed by atoms with Crippen molar-refractivity contribution in [1.82, 2.24) is 9.97 Å². The van der Waals surface area contributed by atoms with Crippen LogP contribution in [0.1, 0.15) is 16.1 Å². The summed E-state index contributed by atoms with van der Waals surface area (Å²) in [6.07, 6.45) is 5.43. The van der Waals surface area contributed by atoms with Crippen LogP contribution < -0.4 is 15.5 Å². The number of rotatable bonds is 10. The molecule has 0 spiro atoms. The fourth-order valence-electron chi connectivity index (χ4n) is 2.90. The van der Waals surface area contributed by atoms with Crippen molar-refractivity contribution in [3.8, 4) is 11.5 Å². The minimum Gasteiger partial charge on any atom is -0.457 e. The highest BCUT2D eigenvalue weighted by molar-refractivity contribution is 6.76. The highest BCUT2D eigenvalue weighted by atomic mass is 28.3. The fourth-order valence-corrected chi connectivity index (χ4v) is 3.65. The first-order valence-electron chi connectivity index (χ1n) is 10.4. The predicted molar refractivity (Wildman–Crippen MR) is 129 cm³/mol. The third-order valence-corrected chi connectivity index (χ3v) is 6.38. The van der Waals surface area contributed by atoms with Gasteiger partial charge in [0.25, 0.3) is 0 Å². The molecule has 0 unspecified atom stereocenters. The first kappa shape index (κ1) is 23.3. The van der Waals surface area contributed by atoms with Crippen LogP contribution in [0.4, 0.5) is 0 Å². The zero-order chi connectivity index (χ0) is 23.0. The minimum atomic E-state index is -1.10. The molecule has 0 bridgehead atoms. The summed E-state index contributed by atoms with van der Waals surface area (Å²) in [7, 11) is -1.10. The van der Waals surface area contributed by atoms with E-state index < -0.39 is 8.07 Å². The van der Waals surface area contributed by atoms with Gasteiger partial charge in [-0.2, -0.15) is 0 Å². The standard InChI is InChI=1S/C24H28N4O3Si/c1-32(2,3)13-12-30-17-27-22(10-11-25)18-4-6-20(7-5-18)31-21-8-9-23-24(14-21)26-15-19(16-29)28-23/h4-11,14-16H,12-13,17,25H2,1-3H3/p+1/b11-10-,27-22-. The summed E-state index contributed by atoms with van der Waals surface area (Å²) >= 11 is 0. The maximum absolute atomic E-state index is 10.8. The number of benzene rings is 2. The number of aromatic nitrogens is 2. The second-order valence-electron chi connectivity index (χ2n) is 8.50. The van der Waals surface area contributed by atoms with Gasteiger partial charge in [0.1, 0.15) is 17.2 Å². The number of fused-ring (bicyclic) bond motifs is 1. The minimum absolute atomic E-state index is 0.301. The Balaban J connectivity index is 1.66. The van der Waals surface area contributed by atoms with E-state index in [9.17, 15) is 4.79 Å². The number of nitrogens with two attached hydrogens (primary N) is 1. The summed E-state index contributed by atoms with van der Waals surface area (Å²) in [5.41, 5.74) is 9.07. The third kappa shape index (κ3) is 6.83. The molecular formula is C24H29N4O3Si+. The molecular weight excluding hydrogens is 420 g/mol. The van der Waals surface area contributed by atoms with Gasteiger partial charge in [-0.3, -0.25) is 9.78 Å². The molecule has 1 heterocycles. The molecule has 0 radical (unpaired) electrons. The highest BCUT2D eigenvalue weighted by Crippen LogP contribution is 2.24. The van der Waals surface area contributed by atoms with Gasteiger partial charge in [-0.1, -0.05) is 19.6 Å². The predicted octanol–water partition coefficient (Wildman–Crippen LogP) is 2.89. The largest absolute Gasteiger partial charge is 0.457 e. The molecule has 0 amide bonds. The zero-order valence-electron chi connectivity index (χ0n) is 18.7. The van der Waals surface area contributed by atoms with Gasteiger partial charge in [-0.15, -0.1) is 0 Å². The van der Waals surface area contributed by atoms with E-state index in [1.807, 2.05) is 30.3 Å². The molecule has 0 atom stereocenters. The van der Waals surface area contributed by atoms with Gasteiger partial charge in [0.15, 0.2) is 6.29 Å². The summed E-state index contributed by atoms with van der Waals surface area (Å²) in [6.45, 7) is 8.17. The van der Waals surface area contributed by atoms with Gasteiger partial charge in [-0.25, -0.2) is 9.98 Å². The van der Waals surface area contributed by atoms with Crippen LogP contribution in [0.25, 0.3) is 11.0 Å². The molecule has 8 heteroatoms. The molecule has 0 aliphatic rings. The highest BCUT2D eigenvalue weighted by Gasteiger charge is 2.13. The number of hydrogen-bond donors (Lipinski definition) is 2. The number of carbonyl (C=O) groups is 1. The van der Waals surface area contributed by atoms with Crippen LogP contribution in [0.15, 0.2) is 60.9 Å². The lowest BCUT2D eigenvalue weighted by molar-refractivity contribution is -0.506. The van der Waals surface area contributed by atoms with Crippen LogP contribution in [0.2, 0.25) is 25.7 Å². The maximum atomic E-state index is 10.8. The number of nitrogens with one attached hydrogen (secondary N) is 1. The van der Waals surface area contributed by atoms with Gasteiger partial charge >= 0.3 is 0 Å². The molecule has 166 valence electrons. The lowest BCUT2D eigenvalue weighted by Crippen LogP contribution is -2.73. The Morgan fingerprint density at radius 3 is 2.53 bits per heavy atom. The van der Waals surface area contributed by atoms with Crippen LogP contribution in [0, 0.1) is 0 Å². The summed E-state index contributed by atoms with van der Waals surface area (Å²) in [6, 6.07) is 14.2. The Hall–Kier alpha value is -3.36. The van der Waals surface area contributed by atoms with E-state index >= 15 is 0 Å². The van der Waals surface area contributed by atoms with Crippen LogP contribution >= 0.6 is 0 Å². The van der Waals surface area contributed by atoms with Crippen molar-refractivity contribution < 1.29 is 19.3 Å². The average Bonchev–Trinajstić information content (AvgIpc) is 2.77. The zero-order valence-corrected chi connectivity index (χ0v) is 19.7. The monoisotopic (exact) mass is 449 g/mol. The lowest BCUT2D eigenvalue weighted by Gasteiger charge is -2.13. The molecule has 0 saturated carbocycles. The van der Waals surface area contributed by atoms with Gasteiger partial charge in [0.05, 0.1) is 23.8 Å². The van der Waals surface area contributed by atoms with E-state index in [1.54, 1.807) is 18.2 Å². The van der Waals surface area contributed by atoms with Crippen molar-refractivity contribution in [2.24, 2.45) is 5.73 Å². The molecule has 32 heavy (non-hydrogen) atoms. The van der Waals surface area contributed by atoms with Gasteiger partial charge < -0.3 is 15.2 Å². The number of ether oxygens (including phenoxy) is 2. The van der Waals surface area contributed by atoms with Crippen LogP contribution in [-0.4, -0.2) is 43.4 Å². The molecule has 1 aromatic heterocycles. The number of nitrogens with zero attached hydrogens (tertiary/aromatic N) is 2. The smallest absolute Gasteiger partial charge is 0.246 e. The molecule has 0 aliphatic heterocycles. The summed E-state index contributed by atoms with van der Waals surface area (Å²) < 4.78 is 11.7. The molecule has 3 aromatic rings. The van der Waals surface area contributed by atoms with Gasteiger partial charge in [-0.05, 0) is 42.4 Å². The van der Waals surface area contributed by atoms with Crippen molar-refractivity contribution >= 4 is 31.1 Å². The average molecular weight is 450 g/mol. The second kappa shape index (κ2) is 10.8. The van der Waals surface area contributed by atoms with E-state index in [0.717, 1.165) is 23.9 Å². The third-order valence-electron chi connectivity index (χ3n) is 4.68. The summed E-state index contributed by atoms with van der Waals surface area (Å²) in [5.74, 6) is 1.33. The molecule has 3 rings (SSSR count). The Morgan fingerprint density at radius 1 is 1.09 bits per heavy atom. The topological polar surface area (TPSA) is 101 Å². The van der Waals surface area contributed by atoms with E-state index in [-0.39, 0.29) is 0 Å². The van der Waals surface area contributed by atoms with E-state index in [2.05, 4.69) is 34.6 Å². The molecule has 7 nitrogen and oxygen atoms in total. The van der Waals surface area contributed by atoms with Gasteiger partial charge in [0.2, 0.25) is 12.4 Å². The number of allylic oxidation sites excluding steroid dienone is 1. The quantitative estimate of drug-likeness (QED) is 0.162. The molecule has 0 saturated heterocycles. The molecule has 2 aromatic carbocycles. The van der Waals surface area contributed by atoms with Crippen molar-refractivity contribution in [1.29, 1.82) is 0 Å². The first-order chi connectivity index (χ1) is 15.4. The number of carbonyl (C=O) groups excluding carboxylic acids is 1. The van der Waals surface area contributed by atoms with E-state index in [4.69, 9.17) is 15.2 Å². The van der Waals surface area contributed by atoms with Crippen molar-refractivity contribution in [2.75, 3.05) is 13.3 Å². The lowest BCUT2D eigenvalue weighted by atomic mass is 10.1. The van der Waals surface area contributed by atoms with Crippen LogP contribution in [-0.2, 0) is 4.74 Å². The first-order valence-corrected chi connectivity index (χ1v) is 14.2. The summed E-state index contributed by atoms with van der Waals surface area (Å²) in [5, 5.41) is 0. The van der Waals surface area contributed by atoms with E-state index in [0.29, 0.717) is 41.2 Å². The Bertz CT molecular complexity index is 1120.